The first-order valence-electron chi connectivity index (χ1n) is 7.89. The lowest BCUT2D eigenvalue weighted by molar-refractivity contribution is -0.384. The van der Waals surface area contributed by atoms with Gasteiger partial charge in [0.15, 0.2) is 10.8 Å². The number of nitro groups is 1. The number of fused-ring (bicyclic) bond motifs is 1. The van der Waals surface area contributed by atoms with E-state index in [1.807, 2.05) is 0 Å². The van der Waals surface area contributed by atoms with Gasteiger partial charge < -0.3 is 5.32 Å². The maximum Gasteiger partial charge on any atom is 0.417 e. The van der Waals surface area contributed by atoms with Gasteiger partial charge in [0, 0.05) is 24.0 Å². The Morgan fingerprint density at radius 3 is 2.72 bits per heavy atom. The normalized spacial score (nSPS) is 12.7. The van der Waals surface area contributed by atoms with E-state index in [1.54, 1.807) is 0 Å². The van der Waals surface area contributed by atoms with Crippen LogP contribution < -0.4 is 5.32 Å². The van der Waals surface area contributed by atoms with Crippen molar-refractivity contribution in [3.63, 3.8) is 0 Å². The molecule has 3 rings (SSSR count). The molecule has 13 heteroatoms. The van der Waals surface area contributed by atoms with E-state index in [0.29, 0.717) is 0 Å². The van der Waals surface area contributed by atoms with Gasteiger partial charge in [-0.1, -0.05) is 29.4 Å². The Balaban J connectivity index is 1.81. The van der Waals surface area contributed by atoms with Crippen molar-refractivity contribution in [1.82, 2.24) is 14.6 Å². The number of carbonyl (C=O) groups excluding carboxylic acids is 1. The molecule has 2 heterocycles. The van der Waals surface area contributed by atoms with Crippen LogP contribution >= 0.6 is 23.4 Å². The Bertz CT molecular complexity index is 1110. The number of nitro benzene ring substituents is 1. The fraction of sp³-hybridized carbons (Fsp3) is 0.188. The van der Waals surface area contributed by atoms with Crippen molar-refractivity contribution in [2.45, 2.75) is 23.5 Å². The summed E-state index contributed by atoms with van der Waals surface area (Å²) in [6.07, 6.45) is -3.82. The van der Waals surface area contributed by atoms with Gasteiger partial charge in [0.1, 0.15) is 0 Å². The zero-order valence-electron chi connectivity index (χ0n) is 14.5. The summed E-state index contributed by atoms with van der Waals surface area (Å²) in [4.78, 5) is 22.6. The number of anilines is 1. The van der Waals surface area contributed by atoms with Gasteiger partial charge in [0.05, 0.1) is 20.8 Å². The molecular weight excluding hydrogens is 435 g/mol. The van der Waals surface area contributed by atoms with Crippen LogP contribution in [0.1, 0.15) is 12.5 Å². The fourth-order valence-corrected chi connectivity index (χ4v) is 3.39. The van der Waals surface area contributed by atoms with Crippen LogP contribution in [0, 0.1) is 10.1 Å². The minimum absolute atomic E-state index is 0.0217. The lowest BCUT2D eigenvalue weighted by Gasteiger charge is -2.12. The quantitative estimate of drug-likeness (QED) is 0.354. The third kappa shape index (κ3) is 4.59. The summed E-state index contributed by atoms with van der Waals surface area (Å²) in [5.74, 6) is -0.523. The Morgan fingerprint density at radius 1 is 1.34 bits per heavy atom. The molecule has 0 saturated heterocycles. The number of aromatic nitrogens is 3. The highest BCUT2D eigenvalue weighted by Gasteiger charge is 2.32. The molecule has 1 aromatic carbocycles. The molecule has 1 atom stereocenters. The van der Waals surface area contributed by atoms with Crippen molar-refractivity contribution in [3.05, 3.63) is 57.2 Å². The summed E-state index contributed by atoms with van der Waals surface area (Å²) in [7, 11) is 0. The molecule has 8 nitrogen and oxygen atoms in total. The zero-order valence-corrected chi connectivity index (χ0v) is 16.0. The average molecular weight is 446 g/mol. The van der Waals surface area contributed by atoms with E-state index in [2.05, 4.69) is 15.5 Å². The molecule has 0 aliphatic rings. The molecule has 2 aromatic heterocycles. The molecule has 29 heavy (non-hydrogen) atoms. The van der Waals surface area contributed by atoms with E-state index in [4.69, 9.17) is 11.6 Å². The molecule has 0 fully saturated rings. The van der Waals surface area contributed by atoms with Crippen molar-refractivity contribution >= 4 is 46.3 Å². The molecule has 0 aliphatic heterocycles. The smallest absolute Gasteiger partial charge is 0.325 e. The number of hydrogen-bond donors (Lipinski definition) is 1. The van der Waals surface area contributed by atoms with Crippen LogP contribution in [0.5, 0.6) is 0 Å². The van der Waals surface area contributed by atoms with Gasteiger partial charge in [0.2, 0.25) is 5.91 Å². The number of halogens is 4. The molecule has 0 saturated carbocycles. The predicted molar refractivity (Wildman–Crippen MR) is 100 cm³/mol. The van der Waals surface area contributed by atoms with Gasteiger partial charge >= 0.3 is 6.18 Å². The summed E-state index contributed by atoms with van der Waals surface area (Å²) < 4.78 is 40.1. The monoisotopic (exact) mass is 445 g/mol. The number of pyridine rings is 1. The van der Waals surface area contributed by atoms with Gasteiger partial charge in [-0.15, -0.1) is 10.2 Å². The number of carbonyl (C=O) groups is 1. The highest BCUT2D eigenvalue weighted by atomic mass is 35.5. The molecule has 0 radical (unpaired) electrons. The van der Waals surface area contributed by atoms with E-state index < -0.39 is 27.8 Å². The first-order chi connectivity index (χ1) is 13.6. The number of alkyl halides is 3. The van der Waals surface area contributed by atoms with Crippen molar-refractivity contribution in [2.75, 3.05) is 5.32 Å². The molecule has 3 aromatic rings. The van der Waals surface area contributed by atoms with E-state index in [0.717, 1.165) is 28.4 Å². The summed E-state index contributed by atoms with van der Waals surface area (Å²) in [6.45, 7) is 1.51. The maximum absolute atomic E-state index is 13.0. The van der Waals surface area contributed by atoms with Crippen LogP contribution in [0.3, 0.4) is 0 Å². The average Bonchev–Trinajstić information content (AvgIpc) is 3.04. The number of nitrogens with zero attached hydrogens (tertiary/aromatic N) is 4. The molecule has 1 N–H and O–H groups in total. The van der Waals surface area contributed by atoms with Crippen molar-refractivity contribution in [3.8, 4) is 0 Å². The highest BCUT2D eigenvalue weighted by molar-refractivity contribution is 8.00. The second kappa shape index (κ2) is 7.87. The minimum atomic E-state index is -4.62. The van der Waals surface area contributed by atoms with Crippen LogP contribution in [0.2, 0.25) is 5.02 Å². The molecule has 0 spiro atoms. The minimum Gasteiger partial charge on any atom is -0.325 e. The Morgan fingerprint density at radius 2 is 2.07 bits per heavy atom. The standard InChI is InChI=1S/C16H11ClF3N5O3S/c1-8(14(26)21-10-3-2-4-11(6-10)25(27)28)29-15-23-22-13-12(17)5-9(7-24(13)15)16(18,19)20/h2-8H,1H3,(H,21,26). The number of nitrogens with one attached hydrogen (secondary N) is 1. The lowest BCUT2D eigenvalue weighted by Crippen LogP contribution is -2.22. The second-order valence-corrected chi connectivity index (χ2v) is 7.52. The topological polar surface area (TPSA) is 102 Å². The molecule has 152 valence electrons. The number of hydrogen-bond acceptors (Lipinski definition) is 6. The molecule has 0 aliphatic carbocycles. The van der Waals surface area contributed by atoms with E-state index in [9.17, 15) is 28.1 Å². The third-order valence-corrected chi connectivity index (χ3v) is 5.07. The van der Waals surface area contributed by atoms with E-state index >= 15 is 0 Å². The van der Waals surface area contributed by atoms with Gasteiger partial charge in [-0.05, 0) is 19.1 Å². The van der Waals surface area contributed by atoms with Crippen molar-refractivity contribution in [2.24, 2.45) is 0 Å². The lowest BCUT2D eigenvalue weighted by atomic mass is 10.2. The van der Waals surface area contributed by atoms with Gasteiger partial charge in [-0.2, -0.15) is 13.2 Å². The fourth-order valence-electron chi connectivity index (χ4n) is 2.32. The van der Waals surface area contributed by atoms with E-state index in [-0.39, 0.29) is 27.2 Å². The summed E-state index contributed by atoms with van der Waals surface area (Å²) in [5, 5.41) is 19.9. The van der Waals surface area contributed by atoms with Gasteiger partial charge in [-0.25, -0.2) is 0 Å². The van der Waals surface area contributed by atoms with Crippen LogP contribution in [0.25, 0.3) is 5.65 Å². The molecule has 1 unspecified atom stereocenters. The Hall–Kier alpha value is -2.86. The van der Waals surface area contributed by atoms with Crippen LogP contribution in [-0.2, 0) is 11.0 Å². The number of amides is 1. The number of non-ortho nitro benzene ring substituents is 1. The largest absolute Gasteiger partial charge is 0.417 e. The summed E-state index contributed by atoms with van der Waals surface area (Å²) in [5.41, 5.74) is -0.940. The second-order valence-electron chi connectivity index (χ2n) is 5.81. The summed E-state index contributed by atoms with van der Waals surface area (Å²) >= 11 is 6.72. The van der Waals surface area contributed by atoms with E-state index in [1.165, 1.54) is 31.2 Å². The van der Waals surface area contributed by atoms with Gasteiger partial charge in [0.25, 0.3) is 5.69 Å². The Labute approximate surface area is 170 Å². The molecule has 0 bridgehead atoms. The third-order valence-electron chi connectivity index (χ3n) is 3.73. The molecular formula is C16H11ClF3N5O3S. The Kier molecular flexibility index (Phi) is 5.66. The maximum atomic E-state index is 13.0. The summed E-state index contributed by atoms with van der Waals surface area (Å²) in [6, 6.07) is 6.11. The van der Waals surface area contributed by atoms with Crippen LogP contribution in [0.15, 0.2) is 41.7 Å². The van der Waals surface area contributed by atoms with Gasteiger partial charge in [-0.3, -0.25) is 19.3 Å². The van der Waals surface area contributed by atoms with Crippen LogP contribution in [-0.4, -0.2) is 30.7 Å². The zero-order chi connectivity index (χ0) is 21.3. The first kappa shape index (κ1) is 20.9. The first-order valence-corrected chi connectivity index (χ1v) is 9.15. The van der Waals surface area contributed by atoms with Crippen molar-refractivity contribution in [1.29, 1.82) is 0 Å². The number of benzene rings is 1. The molecule has 1 amide bonds. The number of thioether (sulfide) groups is 1. The van der Waals surface area contributed by atoms with Crippen molar-refractivity contribution < 1.29 is 22.9 Å². The number of rotatable bonds is 5. The predicted octanol–water partition coefficient (Wildman–Crippen LogP) is 4.43. The SMILES string of the molecule is CC(Sc1nnc2c(Cl)cc(C(F)(F)F)cn12)C(=O)Nc1cccc([N+](=O)[O-])c1. The van der Waals surface area contributed by atoms with Crippen LogP contribution in [0.4, 0.5) is 24.5 Å². The highest BCUT2D eigenvalue weighted by Crippen LogP contribution is 2.34.